The highest BCUT2D eigenvalue weighted by molar-refractivity contribution is 5.92. The molecule has 0 spiro atoms. The molecule has 170 valence electrons. The Balaban J connectivity index is 1.39. The molecule has 0 bridgehead atoms. The molecule has 2 aromatic rings. The lowest BCUT2D eigenvalue weighted by Gasteiger charge is -2.36. The summed E-state index contributed by atoms with van der Waals surface area (Å²) in [5.41, 5.74) is 2.01. The van der Waals surface area contributed by atoms with E-state index in [0.29, 0.717) is 44.2 Å². The second-order valence-corrected chi connectivity index (χ2v) is 7.42. The summed E-state index contributed by atoms with van der Waals surface area (Å²) in [5.74, 6) is 1.12. The van der Waals surface area contributed by atoms with Crippen LogP contribution in [0.2, 0.25) is 0 Å². The third kappa shape index (κ3) is 6.51. The first-order valence-electron chi connectivity index (χ1n) is 10.9. The number of para-hydroxylation sites is 1. The van der Waals surface area contributed by atoms with Crippen LogP contribution < -0.4 is 19.7 Å². The average Bonchev–Trinajstić information content (AvgIpc) is 2.84. The van der Waals surface area contributed by atoms with Gasteiger partial charge in [0.2, 0.25) is 11.8 Å². The van der Waals surface area contributed by atoms with Gasteiger partial charge in [-0.25, -0.2) is 0 Å². The fourth-order valence-corrected chi connectivity index (χ4v) is 3.60. The average molecular weight is 438 g/mol. The Morgan fingerprint density at radius 1 is 1.03 bits per heavy atom. The van der Waals surface area contributed by atoms with E-state index in [0.717, 1.165) is 18.7 Å². The van der Waals surface area contributed by atoms with E-state index in [4.69, 9.17) is 9.47 Å². The Hall–Kier alpha value is -3.48. The van der Waals surface area contributed by atoms with Gasteiger partial charge < -0.3 is 24.6 Å². The zero-order chi connectivity index (χ0) is 22.8. The number of carbonyl (C=O) groups excluding carboxylic acids is 2. The van der Waals surface area contributed by atoms with Crippen LogP contribution in [0.15, 0.2) is 54.6 Å². The van der Waals surface area contributed by atoms with Crippen LogP contribution in [0, 0.1) is 0 Å². The predicted octanol–water partition coefficient (Wildman–Crippen LogP) is 2.96. The zero-order valence-electron chi connectivity index (χ0n) is 18.8. The smallest absolute Gasteiger partial charge is 0.244 e. The summed E-state index contributed by atoms with van der Waals surface area (Å²) in [5, 5.41) is 2.78. The molecule has 0 aliphatic carbocycles. The van der Waals surface area contributed by atoms with Crippen molar-refractivity contribution in [1.29, 1.82) is 0 Å². The fraction of sp³-hybridized carbons (Fsp3) is 0.360. The molecular weight excluding hydrogens is 406 g/mol. The number of ether oxygens (including phenoxy) is 2. The summed E-state index contributed by atoms with van der Waals surface area (Å²) >= 11 is 0. The van der Waals surface area contributed by atoms with Crippen LogP contribution in [-0.2, 0) is 9.59 Å². The Kier molecular flexibility index (Phi) is 8.54. The number of methoxy groups -OCH3 is 1. The third-order valence-electron chi connectivity index (χ3n) is 5.31. The molecule has 32 heavy (non-hydrogen) atoms. The number of benzene rings is 2. The van der Waals surface area contributed by atoms with Gasteiger partial charge in [-0.05, 0) is 42.8 Å². The molecule has 1 fully saturated rings. The molecule has 0 radical (unpaired) electrons. The first kappa shape index (κ1) is 23.2. The molecule has 1 N–H and O–H groups in total. The summed E-state index contributed by atoms with van der Waals surface area (Å²) in [6.07, 6.45) is 3.46. The Bertz CT molecular complexity index is 922. The van der Waals surface area contributed by atoms with Crippen molar-refractivity contribution in [2.45, 2.75) is 13.3 Å². The van der Waals surface area contributed by atoms with Gasteiger partial charge in [-0.15, -0.1) is 0 Å². The van der Waals surface area contributed by atoms with Crippen LogP contribution in [0.25, 0.3) is 6.08 Å². The van der Waals surface area contributed by atoms with Gasteiger partial charge in [-0.3, -0.25) is 9.59 Å². The van der Waals surface area contributed by atoms with Gasteiger partial charge in [-0.2, -0.15) is 0 Å². The SMILES string of the molecule is CCOc1ccc(/C=C/C(=O)NCCC(=O)N2CCN(c3ccccc3)CC2)cc1OC. The minimum Gasteiger partial charge on any atom is -0.493 e. The number of hydrogen-bond donors (Lipinski definition) is 1. The van der Waals surface area contributed by atoms with Crippen molar-refractivity contribution < 1.29 is 19.1 Å². The van der Waals surface area contributed by atoms with Crippen molar-refractivity contribution in [2.75, 3.05) is 51.3 Å². The lowest BCUT2D eigenvalue weighted by Crippen LogP contribution is -2.49. The first-order chi connectivity index (χ1) is 15.6. The van der Waals surface area contributed by atoms with Gasteiger partial charge in [0.05, 0.1) is 13.7 Å². The molecule has 0 unspecified atom stereocenters. The van der Waals surface area contributed by atoms with Gasteiger partial charge in [0.15, 0.2) is 11.5 Å². The van der Waals surface area contributed by atoms with Crippen molar-refractivity contribution in [1.82, 2.24) is 10.2 Å². The highest BCUT2D eigenvalue weighted by Crippen LogP contribution is 2.28. The quantitative estimate of drug-likeness (QED) is 0.611. The van der Waals surface area contributed by atoms with E-state index in [1.165, 1.54) is 11.8 Å². The van der Waals surface area contributed by atoms with E-state index in [1.807, 2.05) is 48.2 Å². The number of hydrogen-bond acceptors (Lipinski definition) is 5. The molecule has 1 aliphatic rings. The summed E-state index contributed by atoms with van der Waals surface area (Å²) in [6.45, 7) is 5.80. The molecule has 1 heterocycles. The lowest BCUT2D eigenvalue weighted by atomic mass is 10.2. The molecule has 0 atom stereocenters. The van der Waals surface area contributed by atoms with Gasteiger partial charge in [0, 0.05) is 50.9 Å². The van der Waals surface area contributed by atoms with Gasteiger partial charge in [0.1, 0.15) is 0 Å². The highest BCUT2D eigenvalue weighted by Gasteiger charge is 2.20. The Morgan fingerprint density at radius 2 is 1.78 bits per heavy atom. The topological polar surface area (TPSA) is 71.1 Å². The van der Waals surface area contributed by atoms with Crippen LogP contribution in [-0.4, -0.2) is 63.2 Å². The van der Waals surface area contributed by atoms with Crippen LogP contribution in [0.3, 0.4) is 0 Å². The maximum Gasteiger partial charge on any atom is 0.244 e. The summed E-state index contributed by atoms with van der Waals surface area (Å²) in [7, 11) is 1.58. The van der Waals surface area contributed by atoms with Crippen molar-refractivity contribution >= 4 is 23.6 Å². The third-order valence-corrected chi connectivity index (χ3v) is 5.31. The van der Waals surface area contributed by atoms with Crippen molar-refractivity contribution in [3.63, 3.8) is 0 Å². The monoisotopic (exact) mass is 437 g/mol. The summed E-state index contributed by atoms with van der Waals surface area (Å²) in [4.78, 5) is 28.7. The van der Waals surface area contributed by atoms with E-state index in [-0.39, 0.29) is 11.8 Å². The minimum absolute atomic E-state index is 0.0678. The predicted molar refractivity (Wildman–Crippen MR) is 126 cm³/mol. The van der Waals surface area contributed by atoms with Crippen LogP contribution in [0.4, 0.5) is 5.69 Å². The fourth-order valence-electron chi connectivity index (χ4n) is 3.60. The number of nitrogens with zero attached hydrogens (tertiary/aromatic N) is 2. The van der Waals surface area contributed by atoms with Gasteiger partial charge >= 0.3 is 0 Å². The number of piperazine rings is 1. The molecular formula is C25H31N3O4. The van der Waals surface area contributed by atoms with E-state index in [2.05, 4.69) is 22.3 Å². The lowest BCUT2D eigenvalue weighted by molar-refractivity contribution is -0.131. The number of nitrogens with one attached hydrogen (secondary N) is 1. The summed E-state index contributed by atoms with van der Waals surface area (Å²) in [6, 6.07) is 15.7. The maximum absolute atomic E-state index is 12.5. The van der Waals surface area contributed by atoms with E-state index in [1.54, 1.807) is 13.2 Å². The van der Waals surface area contributed by atoms with Crippen LogP contribution in [0.1, 0.15) is 18.9 Å². The number of carbonyl (C=O) groups is 2. The normalized spacial score (nSPS) is 13.8. The molecule has 1 aliphatic heterocycles. The van der Waals surface area contributed by atoms with E-state index in [9.17, 15) is 9.59 Å². The molecule has 7 nitrogen and oxygen atoms in total. The molecule has 2 amide bonds. The molecule has 0 aromatic heterocycles. The van der Waals surface area contributed by atoms with Gasteiger partial charge in [-0.1, -0.05) is 24.3 Å². The highest BCUT2D eigenvalue weighted by atomic mass is 16.5. The van der Waals surface area contributed by atoms with Crippen molar-refractivity contribution in [3.8, 4) is 11.5 Å². The van der Waals surface area contributed by atoms with Crippen LogP contribution in [0.5, 0.6) is 11.5 Å². The summed E-state index contributed by atoms with van der Waals surface area (Å²) < 4.78 is 10.8. The number of anilines is 1. The largest absolute Gasteiger partial charge is 0.493 e. The minimum atomic E-state index is -0.237. The molecule has 2 aromatic carbocycles. The zero-order valence-corrected chi connectivity index (χ0v) is 18.8. The molecule has 1 saturated heterocycles. The second-order valence-electron chi connectivity index (χ2n) is 7.42. The molecule has 3 rings (SSSR count). The standard InChI is InChI=1S/C25H31N3O4/c1-3-32-22-11-9-20(19-23(22)31-2)10-12-24(29)26-14-13-25(30)28-17-15-27(16-18-28)21-7-5-4-6-8-21/h4-12,19H,3,13-18H2,1-2H3,(H,26,29)/b12-10+. The second kappa shape index (κ2) is 11.8. The first-order valence-corrected chi connectivity index (χ1v) is 10.9. The van der Waals surface area contributed by atoms with E-state index < -0.39 is 0 Å². The maximum atomic E-state index is 12.5. The van der Waals surface area contributed by atoms with Crippen molar-refractivity contribution in [3.05, 3.63) is 60.2 Å². The number of amides is 2. The number of rotatable bonds is 9. The molecule has 7 heteroatoms. The van der Waals surface area contributed by atoms with Gasteiger partial charge in [0.25, 0.3) is 0 Å². The van der Waals surface area contributed by atoms with Crippen LogP contribution >= 0.6 is 0 Å². The molecule has 0 saturated carbocycles. The Labute approximate surface area is 189 Å². The Morgan fingerprint density at radius 3 is 2.47 bits per heavy atom. The van der Waals surface area contributed by atoms with Crippen molar-refractivity contribution in [2.24, 2.45) is 0 Å². The van der Waals surface area contributed by atoms with E-state index >= 15 is 0 Å².